The van der Waals surface area contributed by atoms with Gasteiger partial charge in [0, 0.05) is 17.5 Å². The van der Waals surface area contributed by atoms with Crippen molar-refractivity contribution in [2.45, 2.75) is 32.1 Å². The summed E-state index contributed by atoms with van der Waals surface area (Å²) in [6, 6.07) is 13.4. The molecule has 27 heavy (non-hydrogen) atoms. The number of nitrogens with one attached hydrogen (secondary N) is 1. The molecule has 0 aliphatic heterocycles. The van der Waals surface area contributed by atoms with E-state index in [1.165, 1.54) is 6.42 Å². The average Bonchev–Trinajstić information content (AvgIpc) is 3.15. The zero-order valence-corrected chi connectivity index (χ0v) is 15.2. The van der Waals surface area contributed by atoms with Crippen molar-refractivity contribution in [3.8, 4) is 17.3 Å². The number of nitrogens with zero attached hydrogens (tertiary/aromatic N) is 4. The molecule has 4 rings (SSSR count). The van der Waals surface area contributed by atoms with Crippen molar-refractivity contribution >= 4 is 11.6 Å². The molecule has 0 saturated heterocycles. The van der Waals surface area contributed by atoms with Gasteiger partial charge in [-0.2, -0.15) is 4.52 Å². The van der Waals surface area contributed by atoms with Gasteiger partial charge in [0.05, 0.1) is 6.54 Å². The summed E-state index contributed by atoms with van der Waals surface area (Å²) in [5.74, 6) is 1.46. The Morgan fingerprint density at radius 1 is 1.07 bits per heavy atom. The predicted molar refractivity (Wildman–Crippen MR) is 101 cm³/mol. The van der Waals surface area contributed by atoms with Crippen LogP contribution in [0.2, 0.25) is 0 Å². The molecule has 2 heterocycles. The molecule has 0 radical (unpaired) electrons. The van der Waals surface area contributed by atoms with Gasteiger partial charge in [-0.3, -0.25) is 4.79 Å². The molecule has 1 amide bonds. The molecule has 1 saturated carbocycles. The number of ether oxygens (including phenoxy) is 1. The second-order valence-electron chi connectivity index (χ2n) is 6.81. The SMILES string of the molecule is O=C(NCCOc1ccc2nnc(-c3ccccc3)n2n1)C1CCCCC1. The zero-order valence-electron chi connectivity index (χ0n) is 15.2. The molecule has 0 bridgehead atoms. The summed E-state index contributed by atoms with van der Waals surface area (Å²) >= 11 is 0. The number of rotatable bonds is 6. The lowest BCUT2D eigenvalue weighted by atomic mass is 9.89. The Balaban J connectivity index is 1.36. The average molecular weight is 365 g/mol. The highest BCUT2D eigenvalue weighted by atomic mass is 16.5. The molecular weight excluding hydrogens is 342 g/mol. The summed E-state index contributed by atoms with van der Waals surface area (Å²) in [7, 11) is 0. The van der Waals surface area contributed by atoms with Gasteiger partial charge in [0.2, 0.25) is 11.8 Å². The minimum Gasteiger partial charge on any atom is -0.475 e. The summed E-state index contributed by atoms with van der Waals surface area (Å²) in [4.78, 5) is 12.1. The number of carbonyl (C=O) groups is 1. The first-order chi connectivity index (χ1) is 13.3. The quantitative estimate of drug-likeness (QED) is 0.679. The molecule has 1 aliphatic rings. The number of hydrogen-bond acceptors (Lipinski definition) is 5. The van der Waals surface area contributed by atoms with Gasteiger partial charge in [-0.1, -0.05) is 49.6 Å². The normalized spacial score (nSPS) is 15.0. The van der Waals surface area contributed by atoms with Crippen LogP contribution in [0.15, 0.2) is 42.5 Å². The molecule has 7 nitrogen and oxygen atoms in total. The molecule has 1 fully saturated rings. The van der Waals surface area contributed by atoms with Crippen LogP contribution in [0, 0.1) is 5.92 Å². The molecule has 3 aromatic rings. The largest absolute Gasteiger partial charge is 0.475 e. The third-order valence-electron chi connectivity index (χ3n) is 4.90. The minimum absolute atomic E-state index is 0.145. The number of hydrogen-bond donors (Lipinski definition) is 1. The standard InChI is InChI=1S/C20H23N5O2/c26-20(16-9-5-2-6-10-16)21-13-14-27-18-12-11-17-22-23-19(25(17)24-18)15-7-3-1-4-8-15/h1,3-4,7-8,11-12,16H,2,5-6,9-10,13-14H2,(H,21,26). The summed E-state index contributed by atoms with van der Waals surface area (Å²) < 4.78 is 7.38. The lowest BCUT2D eigenvalue weighted by Crippen LogP contribution is -2.34. The Bertz CT molecular complexity index is 903. The monoisotopic (exact) mass is 365 g/mol. The molecule has 0 atom stereocenters. The predicted octanol–water partition coefficient (Wildman–Crippen LogP) is 2.87. The van der Waals surface area contributed by atoms with Gasteiger partial charge in [0.25, 0.3) is 0 Å². The van der Waals surface area contributed by atoms with E-state index in [1.54, 1.807) is 10.6 Å². The first-order valence-electron chi connectivity index (χ1n) is 9.50. The Kier molecular flexibility index (Phi) is 5.27. The first-order valence-corrected chi connectivity index (χ1v) is 9.50. The van der Waals surface area contributed by atoms with Gasteiger partial charge in [-0.05, 0) is 18.9 Å². The maximum Gasteiger partial charge on any atom is 0.231 e. The molecule has 0 spiro atoms. The van der Waals surface area contributed by atoms with E-state index in [0.29, 0.717) is 30.5 Å². The van der Waals surface area contributed by atoms with E-state index in [1.807, 2.05) is 36.4 Å². The minimum atomic E-state index is 0.145. The molecule has 2 aromatic heterocycles. The molecular formula is C20H23N5O2. The maximum atomic E-state index is 12.1. The highest BCUT2D eigenvalue weighted by Crippen LogP contribution is 2.23. The Hall–Kier alpha value is -2.96. The van der Waals surface area contributed by atoms with Gasteiger partial charge in [-0.25, -0.2) is 0 Å². The number of aromatic nitrogens is 4. The van der Waals surface area contributed by atoms with Crippen LogP contribution in [0.3, 0.4) is 0 Å². The van der Waals surface area contributed by atoms with Crippen LogP contribution in [0.5, 0.6) is 5.88 Å². The van der Waals surface area contributed by atoms with E-state index in [2.05, 4.69) is 20.6 Å². The second-order valence-corrected chi connectivity index (χ2v) is 6.81. The number of fused-ring (bicyclic) bond motifs is 1. The third-order valence-corrected chi connectivity index (χ3v) is 4.90. The van der Waals surface area contributed by atoms with Gasteiger partial charge in [-0.15, -0.1) is 15.3 Å². The van der Waals surface area contributed by atoms with Gasteiger partial charge < -0.3 is 10.1 Å². The van der Waals surface area contributed by atoms with Gasteiger partial charge in [0.15, 0.2) is 11.5 Å². The lowest BCUT2D eigenvalue weighted by molar-refractivity contribution is -0.126. The Morgan fingerprint density at radius 2 is 1.89 bits per heavy atom. The fourth-order valence-corrected chi connectivity index (χ4v) is 3.46. The fraction of sp³-hybridized carbons (Fsp3) is 0.400. The molecule has 1 N–H and O–H groups in total. The highest BCUT2D eigenvalue weighted by Gasteiger charge is 2.20. The molecule has 0 unspecified atom stereocenters. The topological polar surface area (TPSA) is 81.4 Å². The maximum absolute atomic E-state index is 12.1. The number of benzene rings is 1. The second kappa shape index (κ2) is 8.16. The third kappa shape index (κ3) is 4.07. The van der Waals surface area contributed by atoms with Crippen molar-refractivity contribution in [2.24, 2.45) is 5.92 Å². The van der Waals surface area contributed by atoms with Crippen molar-refractivity contribution in [2.75, 3.05) is 13.2 Å². The summed E-state index contributed by atoms with van der Waals surface area (Å²) in [6.07, 6.45) is 5.55. The van der Waals surface area contributed by atoms with Crippen LogP contribution in [-0.2, 0) is 4.79 Å². The number of amides is 1. The zero-order chi connectivity index (χ0) is 18.5. The van der Waals surface area contributed by atoms with Crippen molar-refractivity contribution in [3.63, 3.8) is 0 Å². The lowest BCUT2D eigenvalue weighted by Gasteiger charge is -2.20. The van der Waals surface area contributed by atoms with Crippen molar-refractivity contribution < 1.29 is 9.53 Å². The van der Waals surface area contributed by atoms with Crippen LogP contribution in [0.1, 0.15) is 32.1 Å². The summed E-state index contributed by atoms with van der Waals surface area (Å²) in [5.41, 5.74) is 1.60. The van der Waals surface area contributed by atoms with Crippen molar-refractivity contribution in [1.82, 2.24) is 25.1 Å². The van der Waals surface area contributed by atoms with E-state index in [-0.39, 0.29) is 11.8 Å². The Morgan fingerprint density at radius 3 is 2.70 bits per heavy atom. The Labute approximate surface area is 157 Å². The van der Waals surface area contributed by atoms with E-state index in [9.17, 15) is 4.79 Å². The van der Waals surface area contributed by atoms with E-state index < -0.39 is 0 Å². The first kappa shape index (κ1) is 17.5. The van der Waals surface area contributed by atoms with Crippen molar-refractivity contribution in [3.05, 3.63) is 42.5 Å². The van der Waals surface area contributed by atoms with E-state index >= 15 is 0 Å². The fourth-order valence-electron chi connectivity index (χ4n) is 3.46. The van der Waals surface area contributed by atoms with Crippen LogP contribution in [-0.4, -0.2) is 38.9 Å². The van der Waals surface area contributed by atoms with Crippen LogP contribution >= 0.6 is 0 Å². The molecule has 140 valence electrons. The molecule has 1 aliphatic carbocycles. The van der Waals surface area contributed by atoms with E-state index in [4.69, 9.17) is 4.74 Å². The van der Waals surface area contributed by atoms with Crippen LogP contribution in [0.4, 0.5) is 0 Å². The van der Waals surface area contributed by atoms with Gasteiger partial charge >= 0.3 is 0 Å². The van der Waals surface area contributed by atoms with E-state index in [0.717, 1.165) is 31.2 Å². The number of carbonyl (C=O) groups excluding carboxylic acids is 1. The van der Waals surface area contributed by atoms with Crippen LogP contribution < -0.4 is 10.1 Å². The smallest absolute Gasteiger partial charge is 0.231 e. The van der Waals surface area contributed by atoms with Crippen molar-refractivity contribution in [1.29, 1.82) is 0 Å². The summed E-state index contributed by atoms with van der Waals surface area (Å²) in [6.45, 7) is 0.850. The van der Waals surface area contributed by atoms with Crippen LogP contribution in [0.25, 0.3) is 17.0 Å². The summed E-state index contributed by atoms with van der Waals surface area (Å²) in [5, 5.41) is 15.8. The molecule has 7 heteroatoms. The highest BCUT2D eigenvalue weighted by molar-refractivity contribution is 5.78. The molecule has 1 aromatic carbocycles. The van der Waals surface area contributed by atoms with Gasteiger partial charge in [0.1, 0.15) is 6.61 Å².